The zero-order valence-corrected chi connectivity index (χ0v) is 9.00. The highest BCUT2D eigenvalue weighted by atomic mass is 16.6. The van der Waals surface area contributed by atoms with Crippen LogP contribution in [-0.2, 0) is 14.3 Å². The molecule has 0 atom stereocenters. The summed E-state index contributed by atoms with van der Waals surface area (Å²) >= 11 is 0. The lowest BCUT2D eigenvalue weighted by Gasteiger charge is -2.19. The fraction of sp³-hybridized carbons (Fsp3) is 0.250. The maximum absolute atomic E-state index is 11.2. The Bertz CT molecular complexity index is 587. The van der Waals surface area contributed by atoms with Gasteiger partial charge in [0.2, 0.25) is 0 Å². The number of fused-ring (bicyclic) bond motifs is 1. The molecule has 0 spiro atoms. The van der Waals surface area contributed by atoms with Crippen molar-refractivity contribution in [2.75, 3.05) is 0 Å². The molecule has 0 bridgehead atoms. The third kappa shape index (κ3) is 1.69. The predicted octanol–water partition coefficient (Wildman–Crippen LogP) is 1.28. The van der Waals surface area contributed by atoms with Crippen LogP contribution in [0.5, 0.6) is 0 Å². The van der Waals surface area contributed by atoms with Gasteiger partial charge in [-0.2, -0.15) is 0 Å². The molecule has 5 heteroatoms. The summed E-state index contributed by atoms with van der Waals surface area (Å²) in [5.74, 6) is -1.06. The molecule has 1 fully saturated rings. The van der Waals surface area contributed by atoms with Gasteiger partial charge in [-0.25, -0.2) is 4.98 Å². The van der Waals surface area contributed by atoms with Gasteiger partial charge in [-0.3, -0.25) is 9.59 Å². The molecule has 0 amide bonds. The smallest absolute Gasteiger partial charge is 0.314 e. The van der Waals surface area contributed by atoms with Crippen molar-refractivity contribution in [3.8, 4) is 0 Å². The molecule has 0 unspecified atom stereocenters. The van der Waals surface area contributed by atoms with Crippen molar-refractivity contribution in [3.63, 3.8) is 0 Å². The highest BCUT2D eigenvalue weighted by Gasteiger charge is 2.30. The number of hydrogen-bond donors (Lipinski definition) is 0. The average molecular weight is 230 g/mol. The van der Waals surface area contributed by atoms with Crippen molar-refractivity contribution in [2.24, 2.45) is 0 Å². The number of aromatic nitrogens is 2. The number of esters is 2. The molecular formula is C12H10N2O3. The minimum Gasteiger partial charge on any atom is -0.393 e. The fourth-order valence-electron chi connectivity index (χ4n) is 2.15. The molecule has 1 aliphatic rings. The molecule has 5 nitrogen and oxygen atoms in total. The summed E-state index contributed by atoms with van der Waals surface area (Å²) in [6.45, 7) is 0. The highest BCUT2D eigenvalue weighted by molar-refractivity contribution is 5.89. The molecular weight excluding hydrogens is 220 g/mol. The van der Waals surface area contributed by atoms with Gasteiger partial charge in [0, 0.05) is 24.0 Å². The monoisotopic (exact) mass is 230 g/mol. The van der Waals surface area contributed by atoms with Crippen LogP contribution in [0, 0.1) is 0 Å². The molecule has 1 saturated heterocycles. The molecule has 2 aromatic rings. The van der Waals surface area contributed by atoms with E-state index in [-0.39, 0.29) is 18.8 Å². The molecule has 0 aliphatic carbocycles. The normalized spacial score (nSPS) is 17.4. The molecule has 0 saturated carbocycles. The summed E-state index contributed by atoms with van der Waals surface area (Å²) < 4.78 is 6.42. The summed E-state index contributed by atoms with van der Waals surface area (Å²) in [6.07, 6.45) is 4.05. The number of imidazole rings is 1. The van der Waals surface area contributed by atoms with Crippen LogP contribution < -0.4 is 0 Å². The SMILES string of the molecule is O=C1CC(c2cnc3ccccn23)CC(=O)O1. The molecule has 0 radical (unpaired) electrons. The van der Waals surface area contributed by atoms with Crippen LogP contribution in [0.4, 0.5) is 0 Å². The first-order valence-corrected chi connectivity index (χ1v) is 5.39. The topological polar surface area (TPSA) is 60.7 Å². The van der Waals surface area contributed by atoms with Gasteiger partial charge in [0.1, 0.15) is 5.65 Å². The highest BCUT2D eigenvalue weighted by Crippen LogP contribution is 2.28. The van der Waals surface area contributed by atoms with Crippen molar-refractivity contribution >= 4 is 17.6 Å². The maximum atomic E-state index is 11.2. The Balaban J connectivity index is 2.03. The second-order valence-corrected chi connectivity index (χ2v) is 4.06. The standard InChI is InChI=1S/C12H10N2O3/c15-11-5-8(6-12(16)17-11)9-7-13-10-3-1-2-4-14(9)10/h1-4,7-8H,5-6H2. The number of nitrogens with zero attached hydrogens (tertiary/aromatic N) is 2. The van der Waals surface area contributed by atoms with Gasteiger partial charge in [-0.05, 0) is 12.1 Å². The van der Waals surface area contributed by atoms with E-state index in [1.807, 2.05) is 28.8 Å². The van der Waals surface area contributed by atoms with E-state index in [1.54, 1.807) is 6.20 Å². The first-order chi connectivity index (χ1) is 8.24. The minimum atomic E-state index is -0.461. The van der Waals surface area contributed by atoms with Gasteiger partial charge in [-0.1, -0.05) is 6.07 Å². The minimum absolute atomic E-state index is 0.138. The Morgan fingerprint density at radius 1 is 1.24 bits per heavy atom. The van der Waals surface area contributed by atoms with Crippen LogP contribution in [0.1, 0.15) is 24.5 Å². The van der Waals surface area contributed by atoms with Crippen LogP contribution >= 0.6 is 0 Å². The summed E-state index contributed by atoms with van der Waals surface area (Å²) in [5, 5.41) is 0. The zero-order valence-electron chi connectivity index (χ0n) is 9.00. The average Bonchev–Trinajstić information content (AvgIpc) is 2.71. The largest absolute Gasteiger partial charge is 0.393 e. The van der Waals surface area contributed by atoms with Gasteiger partial charge in [-0.15, -0.1) is 0 Å². The number of hydrogen-bond acceptors (Lipinski definition) is 4. The summed E-state index contributed by atoms with van der Waals surface area (Å²) in [6, 6.07) is 5.67. The maximum Gasteiger partial charge on any atom is 0.314 e. The van der Waals surface area contributed by atoms with Crippen molar-refractivity contribution in [1.29, 1.82) is 0 Å². The molecule has 86 valence electrons. The number of cyclic esters (lactones) is 2. The Kier molecular flexibility index (Phi) is 2.18. The van der Waals surface area contributed by atoms with E-state index in [0.29, 0.717) is 0 Å². The van der Waals surface area contributed by atoms with E-state index in [2.05, 4.69) is 9.72 Å². The van der Waals surface area contributed by atoms with E-state index in [1.165, 1.54) is 0 Å². The third-order valence-corrected chi connectivity index (χ3v) is 2.92. The molecule has 2 aromatic heterocycles. The lowest BCUT2D eigenvalue weighted by Crippen LogP contribution is -2.24. The van der Waals surface area contributed by atoms with Crippen molar-refractivity contribution < 1.29 is 14.3 Å². The van der Waals surface area contributed by atoms with Gasteiger partial charge < -0.3 is 9.14 Å². The van der Waals surface area contributed by atoms with Crippen LogP contribution in [0.3, 0.4) is 0 Å². The molecule has 1 aliphatic heterocycles. The van der Waals surface area contributed by atoms with E-state index in [0.717, 1.165) is 11.3 Å². The molecule has 17 heavy (non-hydrogen) atoms. The predicted molar refractivity (Wildman–Crippen MR) is 58.3 cm³/mol. The van der Waals surface area contributed by atoms with Gasteiger partial charge in [0.05, 0.1) is 12.8 Å². The summed E-state index contributed by atoms with van der Waals surface area (Å²) in [5.41, 5.74) is 1.69. The molecule has 0 aromatic carbocycles. The lowest BCUT2D eigenvalue weighted by atomic mass is 9.96. The first-order valence-electron chi connectivity index (χ1n) is 5.39. The number of pyridine rings is 1. The quantitative estimate of drug-likeness (QED) is 0.547. The van der Waals surface area contributed by atoms with E-state index >= 15 is 0 Å². The van der Waals surface area contributed by atoms with Gasteiger partial charge in [0.25, 0.3) is 0 Å². The lowest BCUT2D eigenvalue weighted by molar-refractivity contribution is -0.164. The number of rotatable bonds is 1. The third-order valence-electron chi connectivity index (χ3n) is 2.92. The number of carbonyl (C=O) groups excluding carboxylic acids is 2. The summed E-state index contributed by atoms with van der Waals surface area (Å²) in [7, 11) is 0. The first kappa shape index (κ1) is 10.0. The number of ether oxygens (including phenoxy) is 1. The van der Waals surface area contributed by atoms with Crippen molar-refractivity contribution in [2.45, 2.75) is 18.8 Å². The van der Waals surface area contributed by atoms with E-state index < -0.39 is 11.9 Å². The van der Waals surface area contributed by atoms with Crippen molar-refractivity contribution in [1.82, 2.24) is 9.38 Å². The Morgan fingerprint density at radius 3 is 2.76 bits per heavy atom. The van der Waals surface area contributed by atoms with Gasteiger partial charge in [0.15, 0.2) is 0 Å². The van der Waals surface area contributed by atoms with Crippen LogP contribution in [0.2, 0.25) is 0 Å². The molecule has 3 rings (SSSR count). The molecule has 0 N–H and O–H groups in total. The molecule has 3 heterocycles. The second-order valence-electron chi connectivity index (χ2n) is 4.06. The fourth-order valence-corrected chi connectivity index (χ4v) is 2.15. The van der Waals surface area contributed by atoms with Crippen LogP contribution in [-0.4, -0.2) is 21.3 Å². The van der Waals surface area contributed by atoms with E-state index in [4.69, 9.17) is 0 Å². The van der Waals surface area contributed by atoms with Crippen LogP contribution in [0.15, 0.2) is 30.6 Å². The van der Waals surface area contributed by atoms with Gasteiger partial charge >= 0.3 is 11.9 Å². The Morgan fingerprint density at radius 2 is 2.00 bits per heavy atom. The van der Waals surface area contributed by atoms with E-state index in [9.17, 15) is 9.59 Å². The Hall–Kier alpha value is -2.17. The summed E-state index contributed by atoms with van der Waals surface area (Å²) in [4.78, 5) is 26.7. The van der Waals surface area contributed by atoms with Crippen LogP contribution in [0.25, 0.3) is 5.65 Å². The van der Waals surface area contributed by atoms with Crippen molar-refractivity contribution in [3.05, 3.63) is 36.3 Å². The second kappa shape index (κ2) is 3.69. The Labute approximate surface area is 97.0 Å². The number of carbonyl (C=O) groups is 2. The zero-order chi connectivity index (χ0) is 11.8.